The van der Waals surface area contributed by atoms with Crippen molar-refractivity contribution in [3.05, 3.63) is 60.2 Å². The van der Waals surface area contributed by atoms with E-state index >= 15 is 0 Å². The maximum absolute atomic E-state index is 11.9. The van der Waals surface area contributed by atoms with Gasteiger partial charge in [-0.1, -0.05) is 42.1 Å². The number of carbonyl (C=O) groups is 3. The summed E-state index contributed by atoms with van der Waals surface area (Å²) in [6, 6.07) is 15.8. The average molecular weight is 318 g/mol. The van der Waals surface area contributed by atoms with Gasteiger partial charge in [-0.05, 0) is 24.3 Å². The summed E-state index contributed by atoms with van der Waals surface area (Å²) in [6.07, 6.45) is -3.43. The lowest BCUT2D eigenvalue weighted by Gasteiger charge is -2.07. The molecule has 0 aromatic heterocycles. The predicted molar refractivity (Wildman–Crippen MR) is 76.9 cm³/mol. The number of benzene rings is 2. The van der Waals surface area contributed by atoms with E-state index in [0.717, 1.165) is 4.90 Å². The van der Waals surface area contributed by atoms with E-state index in [2.05, 4.69) is 9.47 Å². The highest BCUT2D eigenvalue weighted by atomic mass is 32.2. The second-order valence-corrected chi connectivity index (χ2v) is 5.03. The number of carbonyl (C=O) groups excluding carboxylic acids is 2. The van der Waals surface area contributed by atoms with Crippen molar-refractivity contribution in [2.75, 3.05) is 0 Å². The summed E-state index contributed by atoms with van der Waals surface area (Å²) in [5, 5.41) is 8.28. The van der Waals surface area contributed by atoms with Crippen molar-refractivity contribution in [3.63, 3.8) is 0 Å². The van der Waals surface area contributed by atoms with Gasteiger partial charge < -0.3 is 14.6 Å². The molecule has 0 fully saturated rings. The van der Waals surface area contributed by atoms with Crippen LogP contribution >= 0.6 is 11.8 Å². The van der Waals surface area contributed by atoms with Gasteiger partial charge in [0.1, 0.15) is 0 Å². The van der Waals surface area contributed by atoms with Crippen molar-refractivity contribution >= 4 is 30.0 Å². The smallest absolute Gasteiger partial charge is 0.449 e. The Kier molecular flexibility index (Phi) is 5.16. The minimum Gasteiger partial charge on any atom is -0.449 e. The molecule has 0 heterocycles. The highest BCUT2D eigenvalue weighted by molar-refractivity contribution is 7.99. The molecule has 0 saturated carbocycles. The summed E-state index contributed by atoms with van der Waals surface area (Å²) in [7, 11) is 0. The van der Waals surface area contributed by atoms with Crippen molar-refractivity contribution < 1.29 is 29.0 Å². The quantitative estimate of drug-likeness (QED) is 0.679. The molecule has 0 bridgehead atoms. The van der Waals surface area contributed by atoms with Crippen LogP contribution < -0.4 is 0 Å². The Morgan fingerprint density at radius 3 is 2.18 bits per heavy atom. The first kappa shape index (κ1) is 15.6. The lowest BCUT2D eigenvalue weighted by Crippen LogP contribution is -2.17. The Morgan fingerprint density at radius 1 is 0.864 bits per heavy atom. The molecule has 0 amide bonds. The number of carboxylic acid groups (broad SMARTS) is 1. The van der Waals surface area contributed by atoms with Gasteiger partial charge in [0.2, 0.25) is 0 Å². The van der Waals surface area contributed by atoms with E-state index in [4.69, 9.17) is 5.11 Å². The van der Waals surface area contributed by atoms with Gasteiger partial charge >= 0.3 is 18.3 Å². The Balaban J connectivity index is 2.15. The minimum atomic E-state index is -1.84. The topological polar surface area (TPSA) is 89.9 Å². The number of hydrogen-bond donors (Lipinski definition) is 1. The molecule has 1 N–H and O–H groups in total. The van der Waals surface area contributed by atoms with Gasteiger partial charge in [0.15, 0.2) is 0 Å². The lowest BCUT2D eigenvalue weighted by atomic mass is 10.2. The standard InChI is InChI=1S/C15H10O6S/c16-13(20-15(19)21-14(17)18)11-8-4-5-9-12(11)22-10-6-2-1-3-7-10/h1-9H,(H,17,18). The first-order valence-corrected chi connectivity index (χ1v) is 6.87. The molecular weight excluding hydrogens is 308 g/mol. The van der Waals surface area contributed by atoms with Gasteiger partial charge in [0.25, 0.3) is 0 Å². The Morgan fingerprint density at radius 2 is 1.50 bits per heavy atom. The van der Waals surface area contributed by atoms with Crippen LogP contribution in [-0.4, -0.2) is 23.4 Å². The SMILES string of the molecule is O=C(O)OC(=O)OC(=O)c1ccccc1Sc1ccccc1. The van der Waals surface area contributed by atoms with Gasteiger partial charge in [-0.25, -0.2) is 14.4 Å². The molecule has 0 radical (unpaired) electrons. The summed E-state index contributed by atoms with van der Waals surface area (Å²) < 4.78 is 8.06. The van der Waals surface area contributed by atoms with Crippen molar-refractivity contribution in [1.29, 1.82) is 0 Å². The molecular formula is C15H10O6S. The molecule has 2 aromatic rings. The van der Waals surface area contributed by atoms with Crippen molar-refractivity contribution in [3.8, 4) is 0 Å². The molecule has 0 spiro atoms. The van der Waals surface area contributed by atoms with Gasteiger partial charge in [-0.15, -0.1) is 0 Å². The zero-order valence-electron chi connectivity index (χ0n) is 11.1. The monoisotopic (exact) mass is 318 g/mol. The van der Waals surface area contributed by atoms with Crippen LogP contribution in [0.5, 0.6) is 0 Å². The van der Waals surface area contributed by atoms with E-state index in [-0.39, 0.29) is 5.56 Å². The zero-order chi connectivity index (χ0) is 15.9. The maximum Gasteiger partial charge on any atom is 0.526 e. The fourth-order valence-corrected chi connectivity index (χ4v) is 2.52. The van der Waals surface area contributed by atoms with Crippen LogP contribution in [0.2, 0.25) is 0 Å². The summed E-state index contributed by atoms with van der Waals surface area (Å²) >= 11 is 1.31. The van der Waals surface area contributed by atoms with Gasteiger partial charge in [-0.2, -0.15) is 0 Å². The number of rotatable bonds is 3. The van der Waals surface area contributed by atoms with E-state index < -0.39 is 18.3 Å². The van der Waals surface area contributed by atoms with Crippen LogP contribution in [0.25, 0.3) is 0 Å². The zero-order valence-corrected chi connectivity index (χ0v) is 11.9. The fraction of sp³-hybridized carbons (Fsp3) is 0. The predicted octanol–water partition coefficient (Wildman–Crippen LogP) is 3.81. The van der Waals surface area contributed by atoms with Crippen molar-refractivity contribution in [2.24, 2.45) is 0 Å². The van der Waals surface area contributed by atoms with Crippen LogP contribution in [0.3, 0.4) is 0 Å². The van der Waals surface area contributed by atoms with Crippen molar-refractivity contribution in [1.82, 2.24) is 0 Å². The second-order valence-electron chi connectivity index (χ2n) is 3.92. The van der Waals surface area contributed by atoms with E-state index in [1.807, 2.05) is 30.3 Å². The summed E-state index contributed by atoms with van der Waals surface area (Å²) in [5.41, 5.74) is 0.138. The summed E-state index contributed by atoms with van der Waals surface area (Å²) in [5.74, 6) is -0.981. The van der Waals surface area contributed by atoms with E-state index in [1.54, 1.807) is 18.2 Å². The van der Waals surface area contributed by atoms with Crippen molar-refractivity contribution in [2.45, 2.75) is 9.79 Å². The third kappa shape index (κ3) is 4.35. The highest BCUT2D eigenvalue weighted by Gasteiger charge is 2.19. The molecule has 112 valence electrons. The summed E-state index contributed by atoms with van der Waals surface area (Å²) in [6.45, 7) is 0. The normalized spacial score (nSPS) is 9.82. The molecule has 22 heavy (non-hydrogen) atoms. The molecule has 0 unspecified atom stereocenters. The Labute approximate surface area is 129 Å². The second kappa shape index (κ2) is 7.28. The highest BCUT2D eigenvalue weighted by Crippen LogP contribution is 2.30. The number of hydrogen-bond acceptors (Lipinski definition) is 6. The molecule has 0 aliphatic carbocycles. The van der Waals surface area contributed by atoms with Gasteiger partial charge in [0, 0.05) is 9.79 Å². The maximum atomic E-state index is 11.9. The van der Waals surface area contributed by atoms with E-state index in [0.29, 0.717) is 4.90 Å². The largest absolute Gasteiger partial charge is 0.526 e. The Hall–Kier alpha value is -2.80. The fourth-order valence-electron chi connectivity index (χ4n) is 1.56. The number of esters is 1. The third-order valence-electron chi connectivity index (χ3n) is 2.42. The van der Waals surface area contributed by atoms with Gasteiger partial charge in [-0.3, -0.25) is 0 Å². The molecule has 0 aliphatic rings. The van der Waals surface area contributed by atoms with Gasteiger partial charge in [0.05, 0.1) is 5.56 Å². The summed E-state index contributed by atoms with van der Waals surface area (Å²) in [4.78, 5) is 34.6. The molecule has 0 saturated heterocycles. The van der Waals surface area contributed by atoms with Crippen LogP contribution in [0, 0.1) is 0 Å². The molecule has 6 nitrogen and oxygen atoms in total. The molecule has 0 aliphatic heterocycles. The minimum absolute atomic E-state index is 0.138. The number of ether oxygens (including phenoxy) is 2. The van der Waals surface area contributed by atoms with Crippen LogP contribution in [0.15, 0.2) is 64.4 Å². The van der Waals surface area contributed by atoms with E-state index in [9.17, 15) is 14.4 Å². The van der Waals surface area contributed by atoms with E-state index in [1.165, 1.54) is 17.8 Å². The first-order valence-electron chi connectivity index (χ1n) is 6.05. The lowest BCUT2D eigenvalue weighted by molar-refractivity contribution is 0.0401. The average Bonchev–Trinajstić information content (AvgIpc) is 2.47. The molecule has 0 atom stereocenters. The molecule has 2 aromatic carbocycles. The first-order chi connectivity index (χ1) is 10.6. The van der Waals surface area contributed by atoms with Crippen LogP contribution in [0.1, 0.15) is 10.4 Å². The van der Waals surface area contributed by atoms with Crippen LogP contribution in [-0.2, 0) is 9.47 Å². The third-order valence-corrected chi connectivity index (χ3v) is 3.51. The van der Waals surface area contributed by atoms with Crippen LogP contribution in [0.4, 0.5) is 9.59 Å². The molecule has 2 rings (SSSR count). The Bertz CT molecular complexity index is 698. The molecule has 7 heteroatoms.